The largest absolute Gasteiger partial charge is 0.504 e. The van der Waals surface area contributed by atoms with Crippen molar-refractivity contribution in [3.05, 3.63) is 86.7 Å². The van der Waals surface area contributed by atoms with Crippen LogP contribution in [0.2, 0.25) is 5.02 Å². The van der Waals surface area contributed by atoms with Crippen molar-refractivity contribution in [2.75, 3.05) is 7.11 Å². The van der Waals surface area contributed by atoms with Crippen LogP contribution >= 0.6 is 22.9 Å². The summed E-state index contributed by atoms with van der Waals surface area (Å²) >= 11 is 7.49. The van der Waals surface area contributed by atoms with Gasteiger partial charge in [-0.2, -0.15) is 5.10 Å². The topological polar surface area (TPSA) is 100 Å². The zero-order valence-corrected chi connectivity index (χ0v) is 17.9. The third-order valence-corrected chi connectivity index (χ3v) is 5.17. The Morgan fingerprint density at radius 1 is 1.16 bits per heavy atom. The van der Waals surface area contributed by atoms with Gasteiger partial charge in [0.25, 0.3) is 11.8 Å². The normalized spacial score (nSPS) is 11.4. The van der Waals surface area contributed by atoms with Crippen molar-refractivity contribution < 1.29 is 19.4 Å². The van der Waals surface area contributed by atoms with Gasteiger partial charge in [-0.15, -0.1) is 11.3 Å². The highest BCUT2D eigenvalue weighted by molar-refractivity contribution is 7.10. The summed E-state index contributed by atoms with van der Waals surface area (Å²) in [6.45, 7) is 0. The van der Waals surface area contributed by atoms with Crippen molar-refractivity contribution in [2.24, 2.45) is 5.10 Å². The molecule has 3 aromatic rings. The Hall–Kier alpha value is -3.62. The minimum atomic E-state index is -0.615. The van der Waals surface area contributed by atoms with E-state index in [-0.39, 0.29) is 27.8 Å². The molecule has 3 N–H and O–H groups in total. The lowest BCUT2D eigenvalue weighted by molar-refractivity contribution is -0.117. The average Bonchev–Trinajstić information content (AvgIpc) is 3.27. The van der Waals surface area contributed by atoms with Crippen LogP contribution < -0.4 is 15.5 Å². The highest BCUT2D eigenvalue weighted by Crippen LogP contribution is 2.25. The summed E-state index contributed by atoms with van der Waals surface area (Å²) < 4.78 is 5.04. The summed E-state index contributed by atoms with van der Waals surface area (Å²) in [4.78, 5) is 26.1. The van der Waals surface area contributed by atoms with E-state index < -0.39 is 11.8 Å². The number of methoxy groups -OCH3 is 1. The van der Waals surface area contributed by atoms with Gasteiger partial charge in [-0.1, -0.05) is 29.8 Å². The molecule has 7 nitrogen and oxygen atoms in total. The quantitative estimate of drug-likeness (QED) is 0.284. The van der Waals surface area contributed by atoms with Crippen LogP contribution in [-0.2, 0) is 4.79 Å². The van der Waals surface area contributed by atoms with Crippen molar-refractivity contribution in [1.82, 2.24) is 10.7 Å². The molecule has 0 radical (unpaired) electrons. The predicted octanol–water partition coefficient (Wildman–Crippen LogP) is 4.04. The molecule has 2 aromatic carbocycles. The maximum Gasteiger partial charge on any atom is 0.287 e. The van der Waals surface area contributed by atoms with Gasteiger partial charge in [0.1, 0.15) is 5.70 Å². The average molecular weight is 456 g/mol. The molecule has 0 saturated carbocycles. The fraction of sp³-hybridized carbons (Fsp3) is 0.0455. The lowest BCUT2D eigenvalue weighted by atomic mass is 10.2. The molecule has 0 aliphatic carbocycles. The van der Waals surface area contributed by atoms with Gasteiger partial charge in [0.05, 0.1) is 23.9 Å². The molecule has 1 heterocycles. The summed E-state index contributed by atoms with van der Waals surface area (Å²) in [5.41, 5.74) is 3.23. The number of carbonyl (C=O) groups excluding carboxylic acids is 2. The van der Waals surface area contributed by atoms with E-state index in [0.29, 0.717) is 5.56 Å². The number of hydrazone groups is 1. The first-order valence-electron chi connectivity index (χ1n) is 8.99. The molecular formula is C22H18ClN3O4S. The molecule has 0 bridgehead atoms. The summed E-state index contributed by atoms with van der Waals surface area (Å²) in [6.07, 6.45) is 2.94. The molecule has 158 valence electrons. The fourth-order valence-electron chi connectivity index (χ4n) is 2.51. The van der Waals surface area contributed by atoms with E-state index in [9.17, 15) is 14.7 Å². The van der Waals surface area contributed by atoms with Gasteiger partial charge in [-0.05, 0) is 53.4 Å². The molecule has 0 aliphatic rings. The highest BCUT2D eigenvalue weighted by atomic mass is 35.5. The number of benzene rings is 2. The molecular weight excluding hydrogens is 438 g/mol. The standard InChI is InChI=1S/C22H18ClN3O4S/c1-30-20-11-14(8-9-19(20)27)13-24-26-22(29)18(12-15-5-4-10-31-15)25-21(28)16-6-2-3-7-17(16)23/h2-13,27H,1H3,(H,25,28)(H,26,29)/b18-12+,24-13+. The number of halogens is 1. The maximum atomic E-state index is 12.7. The molecule has 0 atom stereocenters. The lowest BCUT2D eigenvalue weighted by Gasteiger charge is -2.09. The predicted molar refractivity (Wildman–Crippen MR) is 122 cm³/mol. The number of nitrogens with zero attached hydrogens (tertiary/aromatic N) is 1. The van der Waals surface area contributed by atoms with E-state index in [2.05, 4.69) is 15.8 Å². The third kappa shape index (κ3) is 5.94. The second-order valence-electron chi connectivity index (χ2n) is 6.14. The number of rotatable bonds is 7. The third-order valence-electron chi connectivity index (χ3n) is 4.02. The number of thiophene rings is 1. The first-order chi connectivity index (χ1) is 15.0. The Balaban J connectivity index is 1.77. The van der Waals surface area contributed by atoms with Crippen LogP contribution in [0.1, 0.15) is 20.8 Å². The Bertz CT molecular complexity index is 1140. The Kier molecular flexibility index (Phi) is 7.42. The van der Waals surface area contributed by atoms with Crippen LogP contribution in [0.15, 0.2) is 70.8 Å². The molecule has 3 rings (SSSR count). The van der Waals surface area contributed by atoms with Gasteiger partial charge in [-0.25, -0.2) is 5.43 Å². The number of aromatic hydroxyl groups is 1. The van der Waals surface area contributed by atoms with Crippen molar-refractivity contribution in [1.29, 1.82) is 0 Å². The van der Waals surface area contributed by atoms with Crippen LogP contribution in [0, 0.1) is 0 Å². The number of hydrogen-bond donors (Lipinski definition) is 3. The van der Waals surface area contributed by atoms with Crippen molar-refractivity contribution in [3.8, 4) is 11.5 Å². The summed E-state index contributed by atoms with van der Waals surface area (Å²) in [7, 11) is 1.43. The molecule has 2 amide bonds. The first kappa shape index (κ1) is 22.1. The van der Waals surface area contributed by atoms with Gasteiger partial charge in [0.2, 0.25) is 0 Å². The highest BCUT2D eigenvalue weighted by Gasteiger charge is 2.16. The van der Waals surface area contributed by atoms with E-state index in [4.69, 9.17) is 16.3 Å². The smallest absolute Gasteiger partial charge is 0.287 e. The SMILES string of the molecule is COc1cc(/C=N/NC(=O)/C(=C\c2cccs2)NC(=O)c2ccccc2Cl)ccc1O. The van der Waals surface area contributed by atoms with E-state index in [1.807, 2.05) is 17.5 Å². The van der Waals surface area contributed by atoms with E-state index in [0.717, 1.165) is 4.88 Å². The second kappa shape index (κ2) is 10.4. The van der Waals surface area contributed by atoms with Crippen LogP contribution in [0.3, 0.4) is 0 Å². The molecule has 0 unspecified atom stereocenters. The number of carbonyl (C=O) groups is 2. The van der Waals surface area contributed by atoms with Crippen molar-refractivity contribution in [2.45, 2.75) is 0 Å². The zero-order chi connectivity index (χ0) is 22.2. The molecule has 0 saturated heterocycles. The summed E-state index contributed by atoms with van der Waals surface area (Å²) in [6, 6.07) is 14.8. The fourth-order valence-corrected chi connectivity index (χ4v) is 3.39. The first-order valence-corrected chi connectivity index (χ1v) is 10.2. The van der Waals surface area contributed by atoms with E-state index in [1.165, 1.54) is 30.7 Å². The van der Waals surface area contributed by atoms with Gasteiger partial charge >= 0.3 is 0 Å². The van der Waals surface area contributed by atoms with Crippen LogP contribution in [0.4, 0.5) is 0 Å². The van der Waals surface area contributed by atoms with Crippen LogP contribution in [0.25, 0.3) is 6.08 Å². The summed E-state index contributed by atoms with van der Waals surface area (Å²) in [5.74, 6) is -0.862. The van der Waals surface area contributed by atoms with Gasteiger partial charge < -0.3 is 15.2 Å². The molecule has 0 aliphatic heterocycles. The van der Waals surface area contributed by atoms with Crippen molar-refractivity contribution >= 4 is 47.0 Å². The van der Waals surface area contributed by atoms with E-state index >= 15 is 0 Å². The minimum absolute atomic E-state index is 0.00723. The van der Waals surface area contributed by atoms with Crippen LogP contribution in [0.5, 0.6) is 11.5 Å². The number of amides is 2. The monoisotopic (exact) mass is 455 g/mol. The Morgan fingerprint density at radius 3 is 2.68 bits per heavy atom. The number of nitrogens with one attached hydrogen (secondary N) is 2. The molecule has 9 heteroatoms. The molecule has 0 fully saturated rings. The number of phenolic OH excluding ortho intramolecular Hbond substituents is 1. The van der Waals surface area contributed by atoms with Crippen LogP contribution in [-0.4, -0.2) is 30.2 Å². The Labute approximate surface area is 187 Å². The lowest BCUT2D eigenvalue weighted by Crippen LogP contribution is -2.32. The second-order valence-corrected chi connectivity index (χ2v) is 7.52. The molecule has 1 aromatic heterocycles. The summed E-state index contributed by atoms with van der Waals surface area (Å²) in [5, 5.41) is 18.3. The maximum absolute atomic E-state index is 12.7. The zero-order valence-electron chi connectivity index (χ0n) is 16.3. The van der Waals surface area contributed by atoms with Gasteiger partial charge in [0, 0.05) is 4.88 Å². The number of hydrogen-bond acceptors (Lipinski definition) is 6. The number of ether oxygens (including phenoxy) is 1. The minimum Gasteiger partial charge on any atom is -0.504 e. The molecule has 31 heavy (non-hydrogen) atoms. The van der Waals surface area contributed by atoms with Gasteiger partial charge in [0.15, 0.2) is 11.5 Å². The molecule has 0 spiro atoms. The van der Waals surface area contributed by atoms with Crippen molar-refractivity contribution in [3.63, 3.8) is 0 Å². The number of phenols is 1. The Morgan fingerprint density at radius 2 is 1.97 bits per heavy atom. The van der Waals surface area contributed by atoms with Gasteiger partial charge in [-0.3, -0.25) is 9.59 Å². The van der Waals surface area contributed by atoms with E-state index in [1.54, 1.807) is 42.5 Å².